The molecule has 1 aromatic heterocycles. The fourth-order valence-electron chi connectivity index (χ4n) is 5.16. The van der Waals surface area contributed by atoms with Gasteiger partial charge in [-0.25, -0.2) is 4.98 Å². The van der Waals surface area contributed by atoms with E-state index < -0.39 is 6.04 Å². The molecule has 0 aliphatic heterocycles. The van der Waals surface area contributed by atoms with E-state index in [4.69, 9.17) is 0 Å². The lowest BCUT2D eigenvalue weighted by Crippen LogP contribution is -2.47. The van der Waals surface area contributed by atoms with Crippen molar-refractivity contribution in [3.8, 4) is 0 Å². The number of carbonyl (C=O) groups excluding carboxylic acids is 2. The summed E-state index contributed by atoms with van der Waals surface area (Å²) in [5.41, 5.74) is 2.50. The van der Waals surface area contributed by atoms with Crippen LogP contribution in [0, 0.1) is 0 Å². The monoisotopic (exact) mass is 586 g/mol. The van der Waals surface area contributed by atoms with Gasteiger partial charge in [0, 0.05) is 37.6 Å². The van der Waals surface area contributed by atoms with Crippen molar-refractivity contribution >= 4 is 22.6 Å². The summed E-state index contributed by atoms with van der Waals surface area (Å²) in [6, 6.07) is 20.4. The first-order chi connectivity index (χ1) is 21.0. The highest BCUT2D eigenvalue weighted by atomic mass is 16.3. The molecule has 10 nitrogen and oxygen atoms in total. The van der Waals surface area contributed by atoms with Crippen LogP contribution >= 0.6 is 0 Å². The number of nitrogens with one attached hydrogen (secondary N) is 4. The number of imidazole rings is 1. The third-order valence-electron chi connectivity index (χ3n) is 7.46. The minimum Gasteiger partial charge on any atom is -0.395 e. The molecule has 0 spiro atoms. The van der Waals surface area contributed by atoms with E-state index in [0.717, 1.165) is 27.7 Å². The predicted molar refractivity (Wildman–Crippen MR) is 167 cm³/mol. The van der Waals surface area contributed by atoms with Gasteiger partial charge in [-0.2, -0.15) is 0 Å². The lowest BCUT2D eigenvalue weighted by molar-refractivity contribution is -0.123. The van der Waals surface area contributed by atoms with Gasteiger partial charge in [-0.05, 0) is 60.3 Å². The largest absolute Gasteiger partial charge is 0.395 e. The van der Waals surface area contributed by atoms with E-state index in [-0.39, 0.29) is 31.1 Å². The zero-order valence-corrected chi connectivity index (χ0v) is 24.6. The average Bonchev–Trinajstić information content (AvgIpc) is 3.54. The fraction of sp³-hybridized carbons (Fsp3) is 0.364. The van der Waals surface area contributed by atoms with Gasteiger partial charge in [-0.1, -0.05) is 54.6 Å². The number of rotatable bonds is 17. The van der Waals surface area contributed by atoms with Crippen molar-refractivity contribution in [3.63, 3.8) is 0 Å². The van der Waals surface area contributed by atoms with Gasteiger partial charge in [0.1, 0.15) is 11.9 Å². The van der Waals surface area contributed by atoms with Gasteiger partial charge in [0.15, 0.2) is 0 Å². The van der Waals surface area contributed by atoms with Crippen molar-refractivity contribution in [3.05, 3.63) is 102 Å². The van der Waals surface area contributed by atoms with Gasteiger partial charge in [0.25, 0.3) is 5.91 Å². The van der Waals surface area contributed by atoms with Gasteiger partial charge in [0.2, 0.25) is 5.91 Å². The van der Waals surface area contributed by atoms with Crippen LogP contribution in [0.1, 0.15) is 53.1 Å². The molecule has 4 aromatic rings. The van der Waals surface area contributed by atoms with E-state index in [9.17, 15) is 19.8 Å². The van der Waals surface area contributed by atoms with Crippen LogP contribution in [0.5, 0.6) is 0 Å². The SMILES string of the molecule is C[C@H](NC(=O)[C@H](CCCN(CCO)CCO)NC(=O)c1ccc(CNCc2ncc[nH]2)cc1)c1cccc2ccccc12. The Morgan fingerprint density at radius 3 is 2.37 bits per heavy atom. The summed E-state index contributed by atoms with van der Waals surface area (Å²) in [6.07, 6.45) is 4.49. The number of benzene rings is 3. The van der Waals surface area contributed by atoms with Crippen molar-refractivity contribution in [2.45, 2.75) is 44.9 Å². The molecule has 2 amide bonds. The Labute approximate surface area is 252 Å². The average molecular weight is 587 g/mol. The van der Waals surface area contributed by atoms with E-state index in [1.54, 1.807) is 24.5 Å². The summed E-state index contributed by atoms with van der Waals surface area (Å²) in [7, 11) is 0. The molecular formula is C33H42N6O4. The van der Waals surface area contributed by atoms with Crippen LogP contribution < -0.4 is 16.0 Å². The molecule has 0 fully saturated rings. The maximum Gasteiger partial charge on any atom is 0.251 e. The number of carbonyl (C=O) groups is 2. The van der Waals surface area contributed by atoms with E-state index in [1.165, 1.54) is 0 Å². The van der Waals surface area contributed by atoms with Crippen LogP contribution in [-0.2, 0) is 17.9 Å². The van der Waals surface area contributed by atoms with Gasteiger partial charge in [-0.15, -0.1) is 0 Å². The molecule has 0 bridgehead atoms. The highest BCUT2D eigenvalue weighted by molar-refractivity contribution is 5.97. The normalized spacial score (nSPS) is 12.7. The number of hydrogen-bond acceptors (Lipinski definition) is 7. The molecular weight excluding hydrogens is 544 g/mol. The van der Waals surface area contributed by atoms with E-state index in [0.29, 0.717) is 51.1 Å². The molecule has 3 aromatic carbocycles. The highest BCUT2D eigenvalue weighted by Gasteiger charge is 2.24. The molecule has 0 unspecified atom stereocenters. The first-order valence-electron chi connectivity index (χ1n) is 14.8. The van der Waals surface area contributed by atoms with Gasteiger partial charge < -0.3 is 31.1 Å². The highest BCUT2D eigenvalue weighted by Crippen LogP contribution is 2.24. The Balaban J connectivity index is 1.41. The molecule has 1 heterocycles. The van der Waals surface area contributed by atoms with Crippen molar-refractivity contribution in [2.24, 2.45) is 0 Å². The molecule has 228 valence electrons. The molecule has 0 aliphatic rings. The Morgan fingerprint density at radius 2 is 1.65 bits per heavy atom. The molecule has 0 saturated heterocycles. The second-order valence-corrected chi connectivity index (χ2v) is 10.6. The molecule has 0 saturated carbocycles. The van der Waals surface area contributed by atoms with Crippen LogP contribution in [0.25, 0.3) is 10.8 Å². The first-order valence-corrected chi connectivity index (χ1v) is 14.8. The number of aliphatic hydroxyl groups is 2. The third-order valence-corrected chi connectivity index (χ3v) is 7.46. The number of aromatic nitrogens is 2. The summed E-state index contributed by atoms with van der Waals surface area (Å²) in [4.78, 5) is 36.1. The van der Waals surface area contributed by atoms with Crippen LogP contribution in [0.15, 0.2) is 79.1 Å². The van der Waals surface area contributed by atoms with Crippen molar-refractivity contribution in [1.82, 2.24) is 30.8 Å². The minimum absolute atomic E-state index is 0.0163. The van der Waals surface area contributed by atoms with E-state index in [2.05, 4.69) is 25.9 Å². The van der Waals surface area contributed by atoms with Crippen molar-refractivity contribution in [2.75, 3.05) is 32.8 Å². The number of nitrogens with zero attached hydrogens (tertiary/aromatic N) is 2. The fourth-order valence-corrected chi connectivity index (χ4v) is 5.16. The zero-order valence-electron chi connectivity index (χ0n) is 24.6. The molecule has 6 N–H and O–H groups in total. The summed E-state index contributed by atoms with van der Waals surface area (Å²) in [5, 5.41) is 30.2. The maximum absolute atomic E-state index is 13.6. The second-order valence-electron chi connectivity index (χ2n) is 10.6. The summed E-state index contributed by atoms with van der Waals surface area (Å²) in [5.74, 6) is 0.268. The number of hydrogen-bond donors (Lipinski definition) is 6. The second kappa shape index (κ2) is 16.5. The quantitative estimate of drug-likeness (QED) is 0.112. The summed E-state index contributed by atoms with van der Waals surface area (Å²) >= 11 is 0. The molecule has 0 radical (unpaired) electrons. The van der Waals surface area contributed by atoms with Gasteiger partial charge >= 0.3 is 0 Å². The lowest BCUT2D eigenvalue weighted by atomic mass is 9.99. The van der Waals surface area contributed by atoms with Gasteiger partial charge in [0.05, 0.1) is 25.8 Å². The number of aliphatic hydroxyl groups excluding tert-OH is 2. The van der Waals surface area contributed by atoms with Crippen molar-refractivity contribution < 1.29 is 19.8 Å². The molecule has 43 heavy (non-hydrogen) atoms. The van der Waals surface area contributed by atoms with Crippen molar-refractivity contribution in [1.29, 1.82) is 0 Å². The minimum atomic E-state index is -0.760. The number of aromatic amines is 1. The Kier molecular flexibility index (Phi) is 12.2. The number of amides is 2. The Bertz CT molecular complexity index is 1420. The third kappa shape index (κ3) is 9.45. The smallest absolute Gasteiger partial charge is 0.251 e. The molecule has 4 rings (SSSR count). The molecule has 2 atom stereocenters. The summed E-state index contributed by atoms with van der Waals surface area (Å²) < 4.78 is 0. The standard InChI is InChI=1S/C33H42N6O4/c1-24(28-9-4-7-26-6-2-3-8-29(26)28)37-33(43)30(10-5-17-39(18-20-40)19-21-41)38-32(42)27-13-11-25(12-14-27)22-34-23-31-35-15-16-36-31/h2-4,6-9,11-16,24,30,34,40-41H,5,10,17-23H2,1H3,(H,35,36)(H,37,43)(H,38,42)/t24-,30-/m0/s1. The molecule has 0 aliphatic carbocycles. The van der Waals surface area contributed by atoms with Crippen LogP contribution in [0.2, 0.25) is 0 Å². The van der Waals surface area contributed by atoms with E-state index in [1.807, 2.05) is 66.4 Å². The Morgan fingerprint density at radius 1 is 0.907 bits per heavy atom. The van der Waals surface area contributed by atoms with Crippen LogP contribution in [-0.4, -0.2) is 75.8 Å². The van der Waals surface area contributed by atoms with Crippen LogP contribution in [0.3, 0.4) is 0 Å². The Hall–Kier alpha value is -4.09. The number of fused-ring (bicyclic) bond motifs is 1. The molecule has 10 heteroatoms. The maximum atomic E-state index is 13.6. The van der Waals surface area contributed by atoms with E-state index >= 15 is 0 Å². The zero-order chi connectivity index (χ0) is 30.4. The first kappa shape index (κ1) is 31.8. The topological polar surface area (TPSA) is 143 Å². The van der Waals surface area contributed by atoms with Crippen LogP contribution in [0.4, 0.5) is 0 Å². The number of H-pyrrole nitrogens is 1. The predicted octanol–water partition coefficient (Wildman–Crippen LogP) is 2.90. The lowest BCUT2D eigenvalue weighted by Gasteiger charge is -2.24. The van der Waals surface area contributed by atoms with Gasteiger partial charge in [-0.3, -0.25) is 14.5 Å². The summed E-state index contributed by atoms with van der Waals surface area (Å²) in [6.45, 7) is 4.60.